The minimum atomic E-state index is -1.03. The van der Waals surface area contributed by atoms with E-state index >= 15 is 0 Å². The smallest absolute Gasteiger partial charge is 0.335 e. The Hall–Kier alpha value is -2.12. The van der Waals surface area contributed by atoms with Gasteiger partial charge in [-0.05, 0) is 17.7 Å². The zero-order valence-electron chi connectivity index (χ0n) is 11.0. The van der Waals surface area contributed by atoms with Crippen LogP contribution in [0, 0.1) is 0 Å². The summed E-state index contributed by atoms with van der Waals surface area (Å²) < 4.78 is 0. The third-order valence-electron chi connectivity index (χ3n) is 2.64. The lowest BCUT2D eigenvalue weighted by Gasteiger charge is -2.21. The van der Waals surface area contributed by atoms with E-state index in [2.05, 4.69) is 5.32 Å². The quantitative estimate of drug-likeness (QED) is 0.557. The fourth-order valence-corrected chi connectivity index (χ4v) is 1.66. The highest BCUT2D eigenvalue weighted by Crippen LogP contribution is 2.05. The number of carboxylic acid groups (broad SMARTS) is 1. The molecule has 2 amide bonds. The molecule has 1 rings (SSSR count). The van der Waals surface area contributed by atoms with Crippen molar-refractivity contribution in [3.63, 3.8) is 0 Å². The molecule has 110 valence electrons. The Kier molecular flexibility index (Phi) is 6.48. The number of benzene rings is 1. The molecule has 7 heteroatoms. The fraction of sp³-hybridized carbons (Fsp3) is 0.385. The first-order valence-electron chi connectivity index (χ1n) is 6.15. The van der Waals surface area contributed by atoms with Gasteiger partial charge in [0.25, 0.3) is 0 Å². The van der Waals surface area contributed by atoms with Crippen LogP contribution in [-0.4, -0.2) is 58.5 Å². The number of hydrogen-bond donors (Lipinski definition) is 4. The molecule has 4 N–H and O–H groups in total. The zero-order valence-corrected chi connectivity index (χ0v) is 11.0. The molecular formula is C13H18N2O5. The minimum absolute atomic E-state index is 0.127. The lowest BCUT2D eigenvalue weighted by Crippen LogP contribution is -2.42. The minimum Gasteiger partial charge on any atom is -0.478 e. The Morgan fingerprint density at radius 2 is 1.80 bits per heavy atom. The third-order valence-corrected chi connectivity index (χ3v) is 2.64. The van der Waals surface area contributed by atoms with Gasteiger partial charge in [-0.25, -0.2) is 9.59 Å². The third kappa shape index (κ3) is 4.87. The van der Waals surface area contributed by atoms with Gasteiger partial charge in [-0.3, -0.25) is 0 Å². The topological polar surface area (TPSA) is 110 Å². The van der Waals surface area contributed by atoms with Crippen molar-refractivity contribution in [2.45, 2.75) is 6.54 Å². The summed E-state index contributed by atoms with van der Waals surface area (Å²) >= 11 is 0. The second-order valence-corrected chi connectivity index (χ2v) is 4.10. The lowest BCUT2D eigenvalue weighted by molar-refractivity contribution is 0.0696. The van der Waals surface area contributed by atoms with Crippen molar-refractivity contribution in [3.05, 3.63) is 35.4 Å². The van der Waals surface area contributed by atoms with Crippen molar-refractivity contribution in [2.75, 3.05) is 26.3 Å². The first-order chi connectivity index (χ1) is 9.58. The van der Waals surface area contributed by atoms with E-state index in [-0.39, 0.29) is 38.4 Å². The van der Waals surface area contributed by atoms with Crippen LogP contribution in [0.15, 0.2) is 24.3 Å². The molecule has 0 aromatic heterocycles. The standard InChI is InChI=1S/C13H18N2O5/c16-6-4-15(5-7-17)13(20)14-9-10-2-1-3-11(8-10)12(18)19/h1-3,8,16-17H,4-7,9H2,(H,14,20)(H,18,19). The molecule has 0 fully saturated rings. The molecule has 1 aromatic carbocycles. The molecule has 0 aliphatic carbocycles. The fourth-order valence-electron chi connectivity index (χ4n) is 1.66. The van der Waals surface area contributed by atoms with Crippen LogP contribution in [0.5, 0.6) is 0 Å². The Morgan fingerprint density at radius 3 is 2.35 bits per heavy atom. The molecule has 0 heterocycles. The van der Waals surface area contributed by atoms with Gasteiger partial charge in [0, 0.05) is 19.6 Å². The normalized spacial score (nSPS) is 10.1. The molecule has 0 aliphatic rings. The molecule has 1 aromatic rings. The van der Waals surface area contributed by atoms with Gasteiger partial charge < -0.3 is 25.5 Å². The highest BCUT2D eigenvalue weighted by molar-refractivity contribution is 5.87. The Labute approximate surface area is 116 Å². The largest absolute Gasteiger partial charge is 0.478 e. The van der Waals surface area contributed by atoms with E-state index < -0.39 is 12.0 Å². The number of aliphatic hydroxyl groups excluding tert-OH is 2. The van der Waals surface area contributed by atoms with E-state index in [1.54, 1.807) is 12.1 Å². The van der Waals surface area contributed by atoms with Gasteiger partial charge in [0.15, 0.2) is 0 Å². The van der Waals surface area contributed by atoms with E-state index in [9.17, 15) is 9.59 Å². The second kappa shape index (κ2) is 8.13. The van der Waals surface area contributed by atoms with Gasteiger partial charge in [0.05, 0.1) is 18.8 Å². The van der Waals surface area contributed by atoms with Gasteiger partial charge in [-0.1, -0.05) is 12.1 Å². The number of nitrogens with zero attached hydrogens (tertiary/aromatic N) is 1. The highest BCUT2D eigenvalue weighted by Gasteiger charge is 2.12. The SMILES string of the molecule is O=C(O)c1cccc(CNC(=O)N(CCO)CCO)c1. The molecule has 0 bridgehead atoms. The van der Waals surface area contributed by atoms with Crippen LogP contribution in [0.4, 0.5) is 4.79 Å². The van der Waals surface area contributed by atoms with Gasteiger partial charge in [0.1, 0.15) is 0 Å². The summed E-state index contributed by atoms with van der Waals surface area (Å²) in [5, 5.41) is 29.1. The van der Waals surface area contributed by atoms with E-state index in [0.29, 0.717) is 5.56 Å². The predicted octanol–water partition coefficient (Wildman–Crippen LogP) is -0.119. The summed E-state index contributed by atoms with van der Waals surface area (Å²) in [6, 6.07) is 5.83. The summed E-state index contributed by atoms with van der Waals surface area (Å²) in [5.41, 5.74) is 0.811. The van der Waals surface area contributed by atoms with Crippen molar-refractivity contribution in [2.24, 2.45) is 0 Å². The summed E-state index contributed by atoms with van der Waals surface area (Å²) in [5.74, 6) is -1.03. The molecule has 20 heavy (non-hydrogen) atoms. The average Bonchev–Trinajstić information content (AvgIpc) is 2.45. The predicted molar refractivity (Wildman–Crippen MR) is 71.4 cm³/mol. The van der Waals surface area contributed by atoms with Crippen LogP contribution in [0.2, 0.25) is 0 Å². The second-order valence-electron chi connectivity index (χ2n) is 4.10. The van der Waals surface area contributed by atoms with Crippen molar-refractivity contribution in [1.82, 2.24) is 10.2 Å². The first kappa shape index (κ1) is 15.9. The molecular weight excluding hydrogens is 264 g/mol. The van der Waals surface area contributed by atoms with Crippen LogP contribution in [-0.2, 0) is 6.54 Å². The number of carbonyl (C=O) groups is 2. The molecule has 7 nitrogen and oxygen atoms in total. The zero-order chi connectivity index (χ0) is 15.0. The number of aromatic carboxylic acids is 1. The number of urea groups is 1. The van der Waals surface area contributed by atoms with Crippen molar-refractivity contribution < 1.29 is 24.9 Å². The van der Waals surface area contributed by atoms with Gasteiger partial charge in [-0.15, -0.1) is 0 Å². The molecule has 0 aliphatic heterocycles. The number of aliphatic hydroxyl groups is 2. The maximum Gasteiger partial charge on any atom is 0.335 e. The van der Waals surface area contributed by atoms with Gasteiger partial charge in [-0.2, -0.15) is 0 Å². The molecule has 0 saturated heterocycles. The number of rotatable bonds is 7. The molecule has 0 atom stereocenters. The van der Waals surface area contributed by atoms with E-state index in [0.717, 1.165) is 0 Å². The Bertz CT molecular complexity index is 458. The lowest BCUT2D eigenvalue weighted by atomic mass is 10.1. The summed E-state index contributed by atoms with van der Waals surface area (Å²) in [6.07, 6.45) is 0. The number of carboxylic acids is 1. The summed E-state index contributed by atoms with van der Waals surface area (Å²) in [7, 11) is 0. The van der Waals surface area contributed by atoms with Crippen molar-refractivity contribution >= 4 is 12.0 Å². The molecule has 0 radical (unpaired) electrons. The monoisotopic (exact) mass is 282 g/mol. The maximum absolute atomic E-state index is 11.8. The van der Waals surface area contributed by atoms with Crippen LogP contribution < -0.4 is 5.32 Å². The molecule has 0 saturated carbocycles. The van der Waals surface area contributed by atoms with Crippen LogP contribution in [0.25, 0.3) is 0 Å². The Balaban J connectivity index is 2.59. The Morgan fingerprint density at radius 1 is 1.15 bits per heavy atom. The molecule has 0 unspecified atom stereocenters. The average molecular weight is 282 g/mol. The maximum atomic E-state index is 11.8. The van der Waals surface area contributed by atoms with Crippen molar-refractivity contribution in [1.29, 1.82) is 0 Å². The van der Waals surface area contributed by atoms with Gasteiger partial charge >= 0.3 is 12.0 Å². The first-order valence-corrected chi connectivity index (χ1v) is 6.15. The number of carbonyl (C=O) groups excluding carboxylic acids is 1. The van der Waals surface area contributed by atoms with Crippen LogP contribution >= 0.6 is 0 Å². The number of hydrogen-bond acceptors (Lipinski definition) is 4. The number of nitrogens with one attached hydrogen (secondary N) is 1. The van der Waals surface area contributed by atoms with E-state index in [4.69, 9.17) is 15.3 Å². The van der Waals surface area contributed by atoms with Crippen LogP contribution in [0.3, 0.4) is 0 Å². The van der Waals surface area contributed by atoms with E-state index in [1.807, 2.05) is 0 Å². The molecule has 0 spiro atoms. The summed E-state index contributed by atoms with van der Waals surface area (Å²) in [4.78, 5) is 23.9. The van der Waals surface area contributed by atoms with Gasteiger partial charge in [0.2, 0.25) is 0 Å². The van der Waals surface area contributed by atoms with E-state index in [1.165, 1.54) is 17.0 Å². The number of amides is 2. The van der Waals surface area contributed by atoms with Crippen LogP contribution in [0.1, 0.15) is 15.9 Å². The van der Waals surface area contributed by atoms with Crippen molar-refractivity contribution in [3.8, 4) is 0 Å². The summed E-state index contributed by atoms with van der Waals surface area (Å²) in [6.45, 7) is 0.0419. The highest BCUT2D eigenvalue weighted by atomic mass is 16.4.